The van der Waals surface area contributed by atoms with Crippen LogP contribution in [0.4, 0.5) is 4.39 Å². The molecule has 0 spiro atoms. The number of hydrogen-bond acceptors (Lipinski definition) is 2. The van der Waals surface area contributed by atoms with Gasteiger partial charge in [-0.3, -0.25) is 9.18 Å². The van der Waals surface area contributed by atoms with Crippen LogP contribution < -0.4 is 0 Å². The van der Waals surface area contributed by atoms with Crippen LogP contribution >= 0.6 is 0 Å². The highest BCUT2D eigenvalue weighted by Crippen LogP contribution is 2.59. The molecule has 0 aliphatic heterocycles. The van der Waals surface area contributed by atoms with Gasteiger partial charge in [0.2, 0.25) is 0 Å². The number of carbonyl (C=O) groups excluding carboxylic acids is 1. The van der Waals surface area contributed by atoms with Gasteiger partial charge in [0.05, 0.1) is 12.8 Å². The summed E-state index contributed by atoms with van der Waals surface area (Å²) in [6.07, 6.45) is 5.60. The van der Waals surface area contributed by atoms with E-state index in [0.717, 1.165) is 44.1 Å². The Hall–Kier alpha value is -1.22. The lowest BCUT2D eigenvalue weighted by Crippen LogP contribution is -2.42. The van der Waals surface area contributed by atoms with E-state index < -0.39 is 12.8 Å². The third-order valence-electron chi connectivity index (χ3n) is 7.23. The minimum atomic E-state index is -0.694. The average molecular weight is 330 g/mol. The first-order valence-corrected chi connectivity index (χ1v) is 9.44. The number of aliphatic hydroxyl groups excluding tert-OH is 1. The van der Waals surface area contributed by atoms with Crippen molar-refractivity contribution < 1.29 is 14.3 Å². The zero-order valence-electron chi connectivity index (χ0n) is 14.4. The number of aliphatic hydroxyl groups is 1. The molecule has 0 bridgehead atoms. The first-order chi connectivity index (χ1) is 11.5. The Morgan fingerprint density at radius 1 is 1.29 bits per heavy atom. The summed E-state index contributed by atoms with van der Waals surface area (Å²) >= 11 is 0. The minimum absolute atomic E-state index is 0.0735. The summed E-state index contributed by atoms with van der Waals surface area (Å²) in [5, 5.41) is 10.1. The Morgan fingerprint density at radius 3 is 2.92 bits per heavy atom. The maximum Gasteiger partial charge on any atom is 0.139 e. The molecule has 5 atom stereocenters. The third kappa shape index (κ3) is 2.35. The summed E-state index contributed by atoms with van der Waals surface area (Å²) in [7, 11) is 0. The van der Waals surface area contributed by atoms with Crippen LogP contribution in [0.3, 0.4) is 0 Å². The summed E-state index contributed by atoms with van der Waals surface area (Å²) in [6, 6.07) is 6.25. The molecule has 3 heteroatoms. The Bertz CT molecular complexity index is 655. The van der Waals surface area contributed by atoms with Crippen LogP contribution in [-0.2, 0) is 11.2 Å². The van der Waals surface area contributed by atoms with Crippen molar-refractivity contribution in [2.45, 2.75) is 63.9 Å². The van der Waals surface area contributed by atoms with E-state index in [9.17, 15) is 14.3 Å². The normalized spacial score (nSPS) is 36.0. The van der Waals surface area contributed by atoms with Gasteiger partial charge in [0.25, 0.3) is 0 Å². The number of aryl methyl sites for hydroxylation is 1. The third-order valence-corrected chi connectivity index (χ3v) is 7.23. The van der Waals surface area contributed by atoms with Gasteiger partial charge in [0.15, 0.2) is 0 Å². The molecule has 0 aromatic heterocycles. The number of ketones is 1. The van der Waals surface area contributed by atoms with Crippen LogP contribution in [0.15, 0.2) is 18.2 Å². The van der Waals surface area contributed by atoms with Crippen molar-refractivity contribution in [3.63, 3.8) is 0 Å². The van der Waals surface area contributed by atoms with E-state index >= 15 is 0 Å². The second kappa shape index (κ2) is 5.94. The molecule has 0 amide bonds. The molecular formula is C21H27FO2. The first kappa shape index (κ1) is 16.3. The molecule has 130 valence electrons. The maximum absolute atomic E-state index is 12.5. The number of fused-ring (bicyclic) bond motifs is 5. The predicted molar refractivity (Wildman–Crippen MR) is 91.6 cm³/mol. The lowest BCUT2D eigenvalue weighted by Gasteiger charge is -2.48. The summed E-state index contributed by atoms with van der Waals surface area (Å²) in [6.45, 7) is 1.71. The van der Waals surface area contributed by atoms with Gasteiger partial charge in [-0.1, -0.05) is 25.1 Å². The SMILES string of the molecule is C[C@]12CC[C@@H]3c4ccc(C(O)CCF)cc4CC[C@H]3[C@@H]1CCC2=O. The van der Waals surface area contributed by atoms with Crippen molar-refractivity contribution in [2.24, 2.45) is 17.3 Å². The van der Waals surface area contributed by atoms with Crippen molar-refractivity contribution in [3.05, 3.63) is 34.9 Å². The van der Waals surface area contributed by atoms with Crippen LogP contribution in [-0.4, -0.2) is 17.6 Å². The van der Waals surface area contributed by atoms with Gasteiger partial charge in [-0.05, 0) is 66.5 Å². The van der Waals surface area contributed by atoms with E-state index in [-0.39, 0.29) is 11.8 Å². The fourth-order valence-electron chi connectivity index (χ4n) is 5.85. The van der Waals surface area contributed by atoms with E-state index in [0.29, 0.717) is 23.5 Å². The first-order valence-electron chi connectivity index (χ1n) is 9.44. The number of alkyl halides is 1. The Kier molecular flexibility index (Phi) is 4.03. The highest BCUT2D eigenvalue weighted by atomic mass is 19.1. The van der Waals surface area contributed by atoms with Gasteiger partial charge < -0.3 is 5.11 Å². The number of rotatable bonds is 3. The molecule has 1 aromatic rings. The molecule has 1 aromatic carbocycles. The van der Waals surface area contributed by atoms with Crippen LogP contribution in [0.2, 0.25) is 0 Å². The lowest BCUT2D eigenvalue weighted by atomic mass is 9.55. The molecule has 3 aliphatic carbocycles. The molecule has 2 nitrogen and oxygen atoms in total. The molecule has 0 saturated heterocycles. The molecule has 1 N–H and O–H groups in total. The summed E-state index contributed by atoms with van der Waals surface area (Å²) < 4.78 is 12.5. The van der Waals surface area contributed by atoms with Gasteiger partial charge in [0, 0.05) is 18.3 Å². The van der Waals surface area contributed by atoms with Crippen LogP contribution in [0, 0.1) is 17.3 Å². The van der Waals surface area contributed by atoms with Crippen LogP contribution in [0.25, 0.3) is 0 Å². The van der Waals surface area contributed by atoms with Crippen molar-refractivity contribution in [1.82, 2.24) is 0 Å². The van der Waals surface area contributed by atoms with Crippen LogP contribution in [0.5, 0.6) is 0 Å². The Labute approximate surface area is 143 Å². The van der Waals surface area contributed by atoms with E-state index in [1.807, 2.05) is 6.07 Å². The molecule has 0 radical (unpaired) electrons. The molecule has 2 fully saturated rings. The van der Waals surface area contributed by atoms with E-state index in [1.54, 1.807) is 0 Å². The Balaban J connectivity index is 1.62. The van der Waals surface area contributed by atoms with Gasteiger partial charge in [-0.15, -0.1) is 0 Å². The van der Waals surface area contributed by atoms with Gasteiger partial charge in [-0.25, -0.2) is 0 Å². The van der Waals surface area contributed by atoms with E-state index in [4.69, 9.17) is 0 Å². The summed E-state index contributed by atoms with van der Waals surface area (Å²) in [5.41, 5.74) is 3.53. The summed E-state index contributed by atoms with van der Waals surface area (Å²) in [4.78, 5) is 12.4. The zero-order valence-corrected chi connectivity index (χ0v) is 14.4. The zero-order chi connectivity index (χ0) is 16.9. The molecule has 3 aliphatic rings. The highest BCUT2D eigenvalue weighted by Gasteiger charge is 2.54. The van der Waals surface area contributed by atoms with Crippen LogP contribution in [0.1, 0.15) is 74.2 Å². The summed E-state index contributed by atoms with van der Waals surface area (Å²) in [5.74, 6) is 2.23. The molecule has 1 unspecified atom stereocenters. The van der Waals surface area contributed by atoms with Crippen molar-refractivity contribution in [3.8, 4) is 0 Å². The topological polar surface area (TPSA) is 37.3 Å². The minimum Gasteiger partial charge on any atom is -0.388 e. The van der Waals surface area contributed by atoms with Crippen molar-refractivity contribution in [2.75, 3.05) is 6.67 Å². The quantitative estimate of drug-likeness (QED) is 0.885. The maximum atomic E-state index is 12.5. The molecule has 2 saturated carbocycles. The van der Waals surface area contributed by atoms with Crippen molar-refractivity contribution >= 4 is 5.78 Å². The second-order valence-corrected chi connectivity index (χ2v) is 8.29. The number of hydrogen-bond donors (Lipinski definition) is 1. The lowest BCUT2D eigenvalue weighted by molar-refractivity contribution is -0.129. The van der Waals surface area contributed by atoms with Gasteiger partial charge in [0.1, 0.15) is 5.78 Å². The smallest absolute Gasteiger partial charge is 0.139 e. The fourth-order valence-corrected chi connectivity index (χ4v) is 5.85. The van der Waals surface area contributed by atoms with Gasteiger partial charge in [-0.2, -0.15) is 0 Å². The highest BCUT2D eigenvalue weighted by molar-refractivity contribution is 5.87. The van der Waals surface area contributed by atoms with Crippen molar-refractivity contribution in [1.29, 1.82) is 0 Å². The molecule has 24 heavy (non-hydrogen) atoms. The van der Waals surface area contributed by atoms with Gasteiger partial charge >= 0.3 is 0 Å². The van der Waals surface area contributed by atoms with E-state index in [2.05, 4.69) is 19.1 Å². The molecule has 0 heterocycles. The second-order valence-electron chi connectivity index (χ2n) is 8.29. The molecular weight excluding hydrogens is 303 g/mol. The largest absolute Gasteiger partial charge is 0.388 e. The molecule has 4 rings (SSSR count). The Morgan fingerprint density at radius 2 is 2.12 bits per heavy atom. The number of halogens is 1. The average Bonchev–Trinajstić information content (AvgIpc) is 2.89. The standard InChI is InChI=1S/C21H27FO2/c1-21-10-8-16-15-4-3-14(19(23)9-11-22)12-13(15)2-5-17(16)18(21)6-7-20(21)24/h3-4,12,16-19,23H,2,5-11H2,1H3/t16-,17-,18+,19?,21+/m1/s1. The number of Topliss-reactive ketones (excluding diaryl/α,β-unsaturated/α-hetero) is 1. The number of benzene rings is 1. The fraction of sp³-hybridized carbons (Fsp3) is 0.667. The number of carbonyl (C=O) groups is 1. The monoisotopic (exact) mass is 330 g/mol. The predicted octanol–water partition coefficient (Wildman–Crippen LogP) is 4.50. The van der Waals surface area contributed by atoms with E-state index in [1.165, 1.54) is 11.1 Å².